The van der Waals surface area contributed by atoms with Gasteiger partial charge in [-0.1, -0.05) is 56.0 Å². The van der Waals surface area contributed by atoms with Crippen molar-refractivity contribution >= 4 is 0 Å². The Morgan fingerprint density at radius 2 is 1.56 bits per heavy atom. The van der Waals surface area contributed by atoms with Crippen molar-refractivity contribution in [2.75, 3.05) is 0 Å². The molecule has 1 atom stereocenters. The summed E-state index contributed by atoms with van der Waals surface area (Å²) in [4.78, 5) is 0. The van der Waals surface area contributed by atoms with Crippen molar-refractivity contribution in [3.8, 4) is 0 Å². The van der Waals surface area contributed by atoms with E-state index >= 15 is 0 Å². The van der Waals surface area contributed by atoms with Crippen LogP contribution in [0.25, 0.3) is 0 Å². The lowest BCUT2D eigenvalue weighted by molar-refractivity contribution is 0.180. The van der Waals surface area contributed by atoms with E-state index in [4.69, 9.17) is 5.11 Å². The van der Waals surface area contributed by atoms with Gasteiger partial charge >= 0.3 is 0 Å². The Hall–Kier alpha value is -0.820. The highest BCUT2D eigenvalue weighted by atomic mass is 16.3. The van der Waals surface area contributed by atoms with E-state index in [1.807, 2.05) is 6.92 Å². The second-order valence-corrected chi connectivity index (χ2v) is 4.64. The fourth-order valence-corrected chi connectivity index (χ4v) is 1.94. The molecule has 0 aromatic heterocycles. The predicted molar refractivity (Wildman–Crippen MR) is 69.5 cm³/mol. The van der Waals surface area contributed by atoms with Crippen LogP contribution in [0.3, 0.4) is 0 Å². The minimum absolute atomic E-state index is 0.121. The van der Waals surface area contributed by atoms with E-state index in [1.54, 1.807) is 0 Å². The molecule has 0 radical (unpaired) electrons. The molecule has 0 aliphatic rings. The highest BCUT2D eigenvalue weighted by molar-refractivity contribution is 5.14. The summed E-state index contributed by atoms with van der Waals surface area (Å²) in [5.74, 6) is 0. The van der Waals surface area contributed by atoms with Crippen molar-refractivity contribution in [1.82, 2.24) is 0 Å². The molecule has 0 bridgehead atoms. The first-order valence-electron chi connectivity index (χ1n) is 6.51. The molecule has 0 aliphatic carbocycles. The Kier molecular flexibility index (Phi) is 6.91. The Morgan fingerprint density at radius 1 is 0.938 bits per heavy atom. The average molecular weight is 220 g/mol. The number of aryl methyl sites for hydroxylation is 1. The van der Waals surface area contributed by atoms with Crippen LogP contribution in [0, 0.1) is 0 Å². The molecule has 1 heteroatoms. The van der Waals surface area contributed by atoms with Crippen molar-refractivity contribution in [2.24, 2.45) is 0 Å². The van der Waals surface area contributed by atoms with Gasteiger partial charge in [-0.2, -0.15) is 0 Å². The van der Waals surface area contributed by atoms with Gasteiger partial charge in [-0.25, -0.2) is 0 Å². The summed E-state index contributed by atoms with van der Waals surface area (Å²) >= 11 is 0. The first-order chi connectivity index (χ1) is 7.79. The molecule has 1 rings (SSSR count). The normalized spacial score (nSPS) is 12.6. The van der Waals surface area contributed by atoms with Gasteiger partial charge < -0.3 is 5.11 Å². The van der Waals surface area contributed by atoms with Gasteiger partial charge in [-0.15, -0.1) is 0 Å². The monoisotopic (exact) mass is 220 g/mol. The third-order valence-electron chi connectivity index (χ3n) is 2.93. The van der Waals surface area contributed by atoms with Crippen LogP contribution in [0.15, 0.2) is 30.3 Å². The minimum Gasteiger partial charge on any atom is -0.393 e. The zero-order valence-corrected chi connectivity index (χ0v) is 10.4. The number of hydrogen-bond donors (Lipinski definition) is 1. The molecule has 0 spiro atoms. The van der Waals surface area contributed by atoms with Crippen LogP contribution >= 0.6 is 0 Å². The van der Waals surface area contributed by atoms with Gasteiger partial charge in [0.1, 0.15) is 0 Å². The summed E-state index contributed by atoms with van der Waals surface area (Å²) in [7, 11) is 0. The SMILES string of the molecule is C[C@H](O)CCCCCCCc1ccccc1. The number of aliphatic hydroxyl groups is 1. The van der Waals surface area contributed by atoms with Gasteiger partial charge in [0.2, 0.25) is 0 Å². The van der Waals surface area contributed by atoms with Gasteiger partial charge in [0, 0.05) is 0 Å². The third-order valence-corrected chi connectivity index (χ3v) is 2.93. The van der Waals surface area contributed by atoms with E-state index < -0.39 is 0 Å². The highest BCUT2D eigenvalue weighted by Gasteiger charge is 1.96. The fraction of sp³-hybridized carbons (Fsp3) is 0.600. The molecular formula is C15H24O. The van der Waals surface area contributed by atoms with E-state index in [-0.39, 0.29) is 6.10 Å². The number of benzene rings is 1. The van der Waals surface area contributed by atoms with Gasteiger partial charge in [0.15, 0.2) is 0 Å². The Bertz CT molecular complexity index is 253. The van der Waals surface area contributed by atoms with Crippen LogP contribution < -0.4 is 0 Å². The molecule has 90 valence electrons. The molecule has 0 aliphatic heterocycles. The lowest BCUT2D eigenvalue weighted by Crippen LogP contribution is -1.98. The molecule has 0 unspecified atom stereocenters. The molecule has 1 aromatic rings. The first-order valence-corrected chi connectivity index (χ1v) is 6.51. The van der Waals surface area contributed by atoms with Crippen LogP contribution in [0.5, 0.6) is 0 Å². The first kappa shape index (κ1) is 13.2. The predicted octanol–water partition coefficient (Wildman–Crippen LogP) is 3.95. The zero-order valence-electron chi connectivity index (χ0n) is 10.4. The quantitative estimate of drug-likeness (QED) is 0.658. The minimum atomic E-state index is -0.121. The lowest BCUT2D eigenvalue weighted by Gasteiger charge is -2.04. The third kappa shape index (κ3) is 6.62. The van der Waals surface area contributed by atoms with Crippen molar-refractivity contribution in [3.05, 3.63) is 35.9 Å². The van der Waals surface area contributed by atoms with Crippen LogP contribution in [0.4, 0.5) is 0 Å². The maximum atomic E-state index is 9.10. The highest BCUT2D eigenvalue weighted by Crippen LogP contribution is 2.10. The second-order valence-electron chi connectivity index (χ2n) is 4.64. The summed E-state index contributed by atoms with van der Waals surface area (Å²) in [5.41, 5.74) is 1.45. The van der Waals surface area contributed by atoms with Gasteiger partial charge in [0.05, 0.1) is 6.10 Å². The van der Waals surface area contributed by atoms with Gasteiger partial charge in [-0.3, -0.25) is 0 Å². The van der Waals surface area contributed by atoms with Crippen LogP contribution in [-0.2, 0) is 6.42 Å². The van der Waals surface area contributed by atoms with E-state index in [0.717, 1.165) is 6.42 Å². The Morgan fingerprint density at radius 3 is 2.25 bits per heavy atom. The topological polar surface area (TPSA) is 20.2 Å². The van der Waals surface area contributed by atoms with Crippen molar-refractivity contribution in [1.29, 1.82) is 0 Å². The molecule has 0 fully saturated rings. The molecule has 0 heterocycles. The zero-order chi connectivity index (χ0) is 11.6. The number of aliphatic hydroxyl groups excluding tert-OH is 1. The van der Waals surface area contributed by atoms with Gasteiger partial charge in [0.25, 0.3) is 0 Å². The smallest absolute Gasteiger partial charge is 0.0512 e. The average Bonchev–Trinajstić information content (AvgIpc) is 2.29. The molecule has 1 aromatic carbocycles. The maximum Gasteiger partial charge on any atom is 0.0512 e. The van der Waals surface area contributed by atoms with Crippen LogP contribution in [-0.4, -0.2) is 11.2 Å². The lowest BCUT2D eigenvalue weighted by atomic mass is 10.0. The Labute approximate surface area is 99.5 Å². The second kappa shape index (κ2) is 8.35. The summed E-state index contributed by atoms with van der Waals surface area (Å²) in [6.07, 6.45) is 8.38. The van der Waals surface area contributed by atoms with Crippen LogP contribution in [0.1, 0.15) is 51.0 Å². The summed E-state index contributed by atoms with van der Waals surface area (Å²) in [6.45, 7) is 1.87. The summed E-state index contributed by atoms with van der Waals surface area (Å²) in [5, 5.41) is 9.10. The fourth-order valence-electron chi connectivity index (χ4n) is 1.94. The van der Waals surface area contributed by atoms with E-state index in [1.165, 1.54) is 44.1 Å². The largest absolute Gasteiger partial charge is 0.393 e. The summed E-state index contributed by atoms with van der Waals surface area (Å²) < 4.78 is 0. The van der Waals surface area contributed by atoms with Crippen LogP contribution in [0.2, 0.25) is 0 Å². The Balaban J connectivity index is 1.93. The van der Waals surface area contributed by atoms with Gasteiger partial charge in [-0.05, 0) is 31.7 Å². The number of rotatable bonds is 8. The molecular weight excluding hydrogens is 196 g/mol. The molecule has 1 N–H and O–H groups in total. The summed E-state index contributed by atoms with van der Waals surface area (Å²) in [6, 6.07) is 10.7. The standard InChI is InChI=1S/C15H24O/c1-14(16)10-6-3-2-4-7-11-15-12-8-5-9-13-15/h5,8-9,12-14,16H,2-4,6-7,10-11H2,1H3/t14-/m0/s1. The van der Waals surface area contributed by atoms with E-state index in [9.17, 15) is 0 Å². The molecule has 0 saturated heterocycles. The molecule has 1 nitrogen and oxygen atoms in total. The molecule has 16 heavy (non-hydrogen) atoms. The number of hydrogen-bond acceptors (Lipinski definition) is 1. The van der Waals surface area contributed by atoms with E-state index in [0.29, 0.717) is 0 Å². The van der Waals surface area contributed by atoms with E-state index in [2.05, 4.69) is 30.3 Å². The molecule has 0 saturated carbocycles. The van der Waals surface area contributed by atoms with Crippen molar-refractivity contribution in [2.45, 2.75) is 58.0 Å². The molecule has 0 amide bonds. The van der Waals surface area contributed by atoms with Crippen molar-refractivity contribution in [3.63, 3.8) is 0 Å². The maximum absolute atomic E-state index is 9.10. The van der Waals surface area contributed by atoms with Crippen molar-refractivity contribution < 1.29 is 5.11 Å². The number of unbranched alkanes of at least 4 members (excludes halogenated alkanes) is 4.